The minimum atomic E-state index is -0.392. The van der Waals surface area contributed by atoms with E-state index in [0.717, 1.165) is 16.8 Å². The van der Waals surface area contributed by atoms with Crippen molar-refractivity contribution in [3.8, 4) is 11.4 Å². The van der Waals surface area contributed by atoms with Crippen LogP contribution in [0.15, 0.2) is 56.2 Å². The van der Waals surface area contributed by atoms with Crippen molar-refractivity contribution in [1.29, 1.82) is 0 Å². The zero-order valence-corrected chi connectivity index (χ0v) is 17.5. The second-order valence-electron chi connectivity index (χ2n) is 8.21. The molecule has 0 bridgehead atoms. The number of carbonyl (C=O) groups excluding carboxylic acids is 1. The molecule has 1 aliphatic heterocycles. The second-order valence-corrected chi connectivity index (χ2v) is 8.21. The van der Waals surface area contributed by atoms with E-state index in [1.165, 1.54) is 0 Å². The zero-order valence-electron chi connectivity index (χ0n) is 17.5. The molecular weight excluding hydrogens is 396 g/mol. The lowest BCUT2D eigenvalue weighted by molar-refractivity contribution is -0.117. The summed E-state index contributed by atoms with van der Waals surface area (Å²) >= 11 is 0. The van der Waals surface area contributed by atoms with Crippen LogP contribution < -0.4 is 10.7 Å². The first-order chi connectivity index (χ1) is 14.9. The molecule has 0 unspecified atom stereocenters. The van der Waals surface area contributed by atoms with Gasteiger partial charge in [0, 0.05) is 30.3 Å². The molecule has 2 aromatic carbocycles. The fraction of sp³-hybridized carbons (Fsp3) is 0.304. The molecule has 5 rings (SSSR count). The van der Waals surface area contributed by atoms with Crippen LogP contribution in [0.5, 0.6) is 0 Å². The summed E-state index contributed by atoms with van der Waals surface area (Å²) in [5.74, 6) is 0.305. The van der Waals surface area contributed by atoms with E-state index in [1.54, 1.807) is 15.5 Å². The van der Waals surface area contributed by atoms with Crippen LogP contribution in [0.4, 0.5) is 5.69 Å². The minimum Gasteiger partial charge on any atom is -0.408 e. The topological polar surface area (TPSA) is 94.4 Å². The highest BCUT2D eigenvalue weighted by atomic mass is 16.5. The normalized spacial score (nSPS) is 16.7. The first-order valence-corrected chi connectivity index (χ1v) is 10.3. The Labute approximate surface area is 178 Å². The third kappa shape index (κ3) is 3.34. The molecule has 2 aromatic heterocycles. The number of oxazole rings is 1. The summed E-state index contributed by atoms with van der Waals surface area (Å²) in [6, 6.07) is 13.3. The molecule has 3 heterocycles. The summed E-state index contributed by atoms with van der Waals surface area (Å²) in [6.45, 7) is 6.37. The molecule has 4 aromatic rings. The number of hydrogen-bond acceptors (Lipinski definition) is 6. The van der Waals surface area contributed by atoms with E-state index < -0.39 is 5.76 Å². The number of nitrogens with zero attached hydrogens (tertiary/aromatic N) is 4. The van der Waals surface area contributed by atoms with E-state index in [9.17, 15) is 9.59 Å². The molecule has 0 radical (unpaired) electrons. The number of amides is 1. The van der Waals surface area contributed by atoms with E-state index in [0.29, 0.717) is 35.8 Å². The van der Waals surface area contributed by atoms with Gasteiger partial charge < -0.3 is 13.8 Å². The van der Waals surface area contributed by atoms with Crippen LogP contribution in [-0.4, -0.2) is 27.2 Å². The summed E-state index contributed by atoms with van der Waals surface area (Å²) in [4.78, 5) is 30.9. The monoisotopic (exact) mass is 418 g/mol. The number of fused-ring (bicyclic) bond motifs is 1. The van der Waals surface area contributed by atoms with Gasteiger partial charge in [-0.2, -0.15) is 4.98 Å². The lowest BCUT2D eigenvalue weighted by Crippen LogP contribution is -2.24. The molecule has 8 heteroatoms. The Kier molecular flexibility index (Phi) is 4.50. The van der Waals surface area contributed by atoms with Crippen molar-refractivity contribution in [2.45, 2.75) is 39.2 Å². The van der Waals surface area contributed by atoms with Crippen molar-refractivity contribution in [3.63, 3.8) is 0 Å². The van der Waals surface area contributed by atoms with Gasteiger partial charge in [0.1, 0.15) is 0 Å². The molecule has 8 nitrogen and oxygen atoms in total. The number of carbonyl (C=O) groups is 1. The third-order valence-corrected chi connectivity index (χ3v) is 5.65. The zero-order chi connectivity index (χ0) is 21.7. The van der Waals surface area contributed by atoms with Gasteiger partial charge in [0.15, 0.2) is 5.58 Å². The van der Waals surface area contributed by atoms with Crippen LogP contribution in [0.1, 0.15) is 43.7 Å². The van der Waals surface area contributed by atoms with Gasteiger partial charge in [-0.15, -0.1) is 0 Å². The van der Waals surface area contributed by atoms with Crippen LogP contribution in [0.3, 0.4) is 0 Å². The van der Waals surface area contributed by atoms with E-state index in [-0.39, 0.29) is 17.9 Å². The fourth-order valence-electron chi connectivity index (χ4n) is 4.03. The van der Waals surface area contributed by atoms with Gasteiger partial charge >= 0.3 is 5.76 Å². The van der Waals surface area contributed by atoms with E-state index in [4.69, 9.17) is 8.94 Å². The molecule has 1 saturated heterocycles. The van der Waals surface area contributed by atoms with Gasteiger partial charge in [0.25, 0.3) is 0 Å². The fourth-order valence-corrected chi connectivity index (χ4v) is 4.03. The highest BCUT2D eigenvalue weighted by Crippen LogP contribution is 2.32. The van der Waals surface area contributed by atoms with Crippen LogP contribution in [0.25, 0.3) is 22.5 Å². The first-order valence-electron chi connectivity index (χ1n) is 10.3. The summed E-state index contributed by atoms with van der Waals surface area (Å²) in [6.07, 6.45) is 0.320. The number of benzene rings is 2. The molecule has 31 heavy (non-hydrogen) atoms. The molecule has 0 aliphatic carbocycles. The van der Waals surface area contributed by atoms with Gasteiger partial charge in [-0.25, -0.2) is 4.79 Å². The predicted octanol–water partition coefficient (Wildman–Crippen LogP) is 4.05. The molecule has 1 aliphatic rings. The molecule has 0 saturated carbocycles. The van der Waals surface area contributed by atoms with E-state index in [1.807, 2.05) is 57.2 Å². The lowest BCUT2D eigenvalue weighted by atomic mass is 10.1. The number of rotatable bonds is 4. The number of anilines is 1. The summed E-state index contributed by atoms with van der Waals surface area (Å²) < 4.78 is 12.5. The van der Waals surface area contributed by atoms with Gasteiger partial charge in [0.05, 0.1) is 11.4 Å². The Morgan fingerprint density at radius 2 is 1.87 bits per heavy atom. The average Bonchev–Trinajstić information content (AvgIpc) is 3.44. The molecule has 158 valence electrons. The van der Waals surface area contributed by atoms with Crippen molar-refractivity contribution in [3.05, 3.63) is 64.5 Å². The third-order valence-electron chi connectivity index (χ3n) is 5.65. The van der Waals surface area contributed by atoms with Gasteiger partial charge in [-0.05, 0) is 51.1 Å². The van der Waals surface area contributed by atoms with Crippen LogP contribution in [-0.2, 0) is 4.79 Å². The van der Waals surface area contributed by atoms with Crippen molar-refractivity contribution >= 4 is 22.7 Å². The van der Waals surface area contributed by atoms with E-state index in [2.05, 4.69) is 10.1 Å². The van der Waals surface area contributed by atoms with Crippen LogP contribution in [0, 0.1) is 6.92 Å². The molecule has 1 fully saturated rings. The average molecular weight is 418 g/mol. The molecule has 1 amide bonds. The number of aromatic nitrogens is 3. The Bertz CT molecular complexity index is 1330. The molecular formula is C23H22N4O4. The van der Waals surface area contributed by atoms with Crippen molar-refractivity contribution in [1.82, 2.24) is 14.7 Å². The molecule has 1 atom stereocenters. The molecule has 0 N–H and O–H groups in total. The second kappa shape index (κ2) is 7.23. The molecule has 0 spiro atoms. The van der Waals surface area contributed by atoms with Crippen molar-refractivity contribution < 1.29 is 13.7 Å². The summed E-state index contributed by atoms with van der Waals surface area (Å²) in [5, 5.41) is 4.09. The Morgan fingerprint density at radius 1 is 1.10 bits per heavy atom. The highest BCUT2D eigenvalue weighted by molar-refractivity contribution is 5.96. The largest absolute Gasteiger partial charge is 0.420 e. The highest BCUT2D eigenvalue weighted by Gasteiger charge is 2.35. The van der Waals surface area contributed by atoms with Gasteiger partial charge in [0.2, 0.25) is 17.6 Å². The van der Waals surface area contributed by atoms with Gasteiger partial charge in [-0.3, -0.25) is 9.36 Å². The first kappa shape index (κ1) is 19.3. The van der Waals surface area contributed by atoms with Crippen molar-refractivity contribution in [2.24, 2.45) is 0 Å². The maximum absolute atomic E-state index is 12.5. The minimum absolute atomic E-state index is 0.00671. The van der Waals surface area contributed by atoms with Crippen LogP contribution >= 0.6 is 0 Å². The van der Waals surface area contributed by atoms with E-state index >= 15 is 0 Å². The Morgan fingerprint density at radius 3 is 2.61 bits per heavy atom. The smallest absolute Gasteiger partial charge is 0.408 e. The standard InChI is InChI=1S/C23H22N4O4/c1-13(2)27-18-9-6-15(10-19(18)30-23(27)29)21-24-22(31-25-21)16-11-20(28)26(12-16)17-7-4-14(3)5-8-17/h4-10,13,16H,11-12H2,1-3H3/t16-/m1/s1. The number of hydrogen-bond donors (Lipinski definition) is 0. The Balaban J connectivity index is 1.41. The quantitative estimate of drug-likeness (QED) is 0.496. The number of aryl methyl sites for hydroxylation is 1. The summed E-state index contributed by atoms with van der Waals surface area (Å²) in [7, 11) is 0. The van der Waals surface area contributed by atoms with Gasteiger partial charge in [-0.1, -0.05) is 22.9 Å². The van der Waals surface area contributed by atoms with Crippen molar-refractivity contribution in [2.75, 3.05) is 11.4 Å². The summed E-state index contributed by atoms with van der Waals surface area (Å²) in [5.41, 5.74) is 3.90. The predicted molar refractivity (Wildman–Crippen MR) is 115 cm³/mol. The SMILES string of the molecule is Cc1ccc(N2C[C@H](c3nc(-c4ccc5c(c4)oc(=O)n5C(C)C)no3)CC2=O)cc1. The van der Waals surface area contributed by atoms with Crippen LogP contribution in [0.2, 0.25) is 0 Å². The lowest BCUT2D eigenvalue weighted by Gasteiger charge is -2.16. The maximum Gasteiger partial charge on any atom is 0.420 e. The maximum atomic E-state index is 12.5. The Hall–Kier alpha value is -3.68.